The van der Waals surface area contributed by atoms with Crippen molar-refractivity contribution in [2.75, 3.05) is 42.6 Å². The van der Waals surface area contributed by atoms with Crippen molar-refractivity contribution >= 4 is 29.2 Å². The van der Waals surface area contributed by atoms with Crippen LogP contribution in [0.25, 0.3) is 0 Å². The van der Waals surface area contributed by atoms with Crippen molar-refractivity contribution in [3.8, 4) is 0 Å². The number of likely N-dealkylation sites (tertiary alicyclic amines) is 1. The fraction of sp³-hybridized carbons (Fsp3) is 0.382. The Morgan fingerprint density at radius 2 is 1.63 bits per heavy atom. The first-order valence-corrected chi connectivity index (χ1v) is 14.9. The summed E-state index contributed by atoms with van der Waals surface area (Å²) in [6.45, 7) is 7.51. The highest BCUT2D eigenvalue weighted by molar-refractivity contribution is 6.07. The summed E-state index contributed by atoms with van der Waals surface area (Å²) in [6.07, 6.45) is 2.06. The van der Waals surface area contributed by atoms with Crippen molar-refractivity contribution in [2.45, 2.75) is 50.6 Å². The third-order valence-electron chi connectivity index (χ3n) is 9.39. The molecule has 224 valence electrons. The highest BCUT2D eigenvalue weighted by Gasteiger charge is 2.53. The number of hydrogen-bond donors (Lipinski definition) is 1. The Morgan fingerprint density at radius 1 is 0.907 bits per heavy atom. The van der Waals surface area contributed by atoms with Gasteiger partial charge in [-0.2, -0.15) is 0 Å². The molecule has 2 saturated heterocycles. The Balaban J connectivity index is 1.14. The number of carboxylic acids is 1. The molecule has 0 aliphatic carbocycles. The number of carbonyl (C=O) groups is 3. The van der Waals surface area contributed by atoms with Gasteiger partial charge in [-0.25, -0.2) is 9.18 Å². The number of amides is 2. The third-order valence-corrected chi connectivity index (χ3v) is 9.39. The van der Waals surface area contributed by atoms with Gasteiger partial charge in [0.2, 0.25) is 11.8 Å². The second-order valence-corrected chi connectivity index (χ2v) is 12.4. The number of para-hydroxylation sites is 1. The van der Waals surface area contributed by atoms with E-state index in [0.29, 0.717) is 32.6 Å². The molecule has 1 spiro atoms. The molecule has 0 atom stereocenters. The molecular formula is C34H37FN4O4. The van der Waals surface area contributed by atoms with Crippen LogP contribution in [0, 0.1) is 5.82 Å². The van der Waals surface area contributed by atoms with Gasteiger partial charge in [-0.15, -0.1) is 0 Å². The maximum atomic E-state index is 14.1. The van der Waals surface area contributed by atoms with E-state index < -0.39 is 16.9 Å². The highest BCUT2D eigenvalue weighted by atomic mass is 19.1. The summed E-state index contributed by atoms with van der Waals surface area (Å²) in [5, 5.41) is 9.42. The molecule has 0 aromatic heterocycles. The number of hydrogen-bond acceptors (Lipinski definition) is 5. The van der Waals surface area contributed by atoms with Gasteiger partial charge >= 0.3 is 5.97 Å². The first-order chi connectivity index (χ1) is 20.6. The minimum Gasteiger partial charge on any atom is -0.478 e. The van der Waals surface area contributed by atoms with E-state index in [1.54, 1.807) is 35.2 Å². The molecule has 3 aliphatic heterocycles. The topological polar surface area (TPSA) is 84.4 Å². The van der Waals surface area contributed by atoms with Crippen LogP contribution in [0.15, 0.2) is 72.8 Å². The molecule has 0 radical (unpaired) electrons. The Labute approximate surface area is 251 Å². The number of benzene rings is 3. The standard InChI is InChI=1S/C34H37FN4O4/c1-33(2)28-9-3-4-10-29(28)38(31(33)42)18-6-17-36-19-15-34(16-20-36)32(43)37(22-24-7-5-8-25(21-24)30(40)41)23-39(34)27-13-11-26(35)12-14-27/h3-5,7-14,21H,6,15-20,22-23H2,1-2H3,(H,40,41). The molecule has 8 nitrogen and oxygen atoms in total. The van der Waals surface area contributed by atoms with Crippen LogP contribution in [0.4, 0.5) is 15.8 Å². The lowest BCUT2D eigenvalue weighted by Crippen LogP contribution is -2.56. The molecule has 0 unspecified atom stereocenters. The van der Waals surface area contributed by atoms with E-state index in [1.165, 1.54) is 12.1 Å². The Morgan fingerprint density at radius 3 is 2.35 bits per heavy atom. The summed E-state index contributed by atoms with van der Waals surface area (Å²) >= 11 is 0. The predicted molar refractivity (Wildman–Crippen MR) is 163 cm³/mol. The van der Waals surface area contributed by atoms with Crippen LogP contribution in [0.3, 0.4) is 0 Å². The van der Waals surface area contributed by atoms with Crippen LogP contribution < -0.4 is 9.80 Å². The number of halogens is 1. The van der Waals surface area contributed by atoms with Gasteiger partial charge in [-0.1, -0.05) is 30.3 Å². The molecule has 3 aliphatic rings. The molecule has 43 heavy (non-hydrogen) atoms. The van der Waals surface area contributed by atoms with Crippen molar-refractivity contribution in [3.05, 3.63) is 95.3 Å². The molecule has 3 aromatic rings. The van der Waals surface area contributed by atoms with Crippen molar-refractivity contribution < 1.29 is 23.9 Å². The van der Waals surface area contributed by atoms with Gasteiger partial charge in [0.15, 0.2) is 0 Å². The number of carboxylic acid groups (broad SMARTS) is 1. The monoisotopic (exact) mass is 584 g/mol. The number of carbonyl (C=O) groups excluding carboxylic acids is 2. The van der Waals surface area contributed by atoms with E-state index in [-0.39, 0.29) is 23.2 Å². The van der Waals surface area contributed by atoms with Crippen LogP contribution in [0.2, 0.25) is 0 Å². The number of anilines is 2. The normalized spacial score (nSPS) is 19.4. The predicted octanol–water partition coefficient (Wildman–Crippen LogP) is 4.88. The molecule has 9 heteroatoms. The molecular weight excluding hydrogens is 547 g/mol. The fourth-order valence-electron chi connectivity index (χ4n) is 6.98. The second-order valence-electron chi connectivity index (χ2n) is 12.4. The van der Waals surface area contributed by atoms with Crippen molar-refractivity contribution in [1.29, 1.82) is 0 Å². The number of fused-ring (bicyclic) bond motifs is 1. The lowest BCUT2D eigenvalue weighted by molar-refractivity contribution is -0.134. The van der Waals surface area contributed by atoms with Crippen molar-refractivity contribution in [2.24, 2.45) is 0 Å². The summed E-state index contributed by atoms with van der Waals surface area (Å²) < 4.78 is 13.8. The van der Waals surface area contributed by atoms with E-state index in [4.69, 9.17) is 0 Å². The number of piperidine rings is 1. The van der Waals surface area contributed by atoms with E-state index in [2.05, 4.69) is 9.80 Å². The van der Waals surface area contributed by atoms with Crippen LogP contribution in [0.1, 0.15) is 54.6 Å². The van der Waals surface area contributed by atoms with Gasteiger partial charge in [0, 0.05) is 37.6 Å². The van der Waals surface area contributed by atoms with Crippen molar-refractivity contribution in [3.63, 3.8) is 0 Å². The van der Waals surface area contributed by atoms with Gasteiger partial charge < -0.3 is 24.7 Å². The summed E-state index contributed by atoms with van der Waals surface area (Å²) in [4.78, 5) is 46.9. The van der Waals surface area contributed by atoms with E-state index in [9.17, 15) is 23.9 Å². The smallest absolute Gasteiger partial charge is 0.335 e. The molecule has 0 saturated carbocycles. The van der Waals surface area contributed by atoms with Crippen LogP contribution in [-0.2, 0) is 21.5 Å². The zero-order chi connectivity index (χ0) is 30.4. The fourth-order valence-corrected chi connectivity index (χ4v) is 6.98. The summed E-state index contributed by atoms with van der Waals surface area (Å²) in [5.41, 5.74) is 2.51. The lowest BCUT2D eigenvalue weighted by Gasteiger charge is -2.43. The molecule has 2 amide bonds. The third kappa shape index (κ3) is 5.16. The SMILES string of the molecule is CC1(C)C(=O)N(CCCN2CCC3(CC2)C(=O)N(Cc2cccc(C(=O)O)c2)CN3c2ccc(F)cc2)c2ccccc21. The molecule has 3 heterocycles. The van der Waals surface area contributed by atoms with Crippen molar-refractivity contribution in [1.82, 2.24) is 9.80 Å². The minimum absolute atomic E-state index is 0.0127. The average Bonchev–Trinajstić information content (AvgIpc) is 3.37. The number of aromatic carboxylic acids is 1. The van der Waals surface area contributed by atoms with Gasteiger partial charge in [-0.3, -0.25) is 9.59 Å². The quantitative estimate of drug-likeness (QED) is 0.407. The van der Waals surface area contributed by atoms with Gasteiger partial charge in [0.25, 0.3) is 0 Å². The van der Waals surface area contributed by atoms with Crippen LogP contribution in [0.5, 0.6) is 0 Å². The zero-order valence-corrected chi connectivity index (χ0v) is 24.6. The Kier molecular flexibility index (Phi) is 7.46. The van der Waals surface area contributed by atoms with E-state index in [1.807, 2.05) is 49.1 Å². The lowest BCUT2D eigenvalue weighted by atomic mass is 9.85. The Bertz CT molecular complexity index is 1550. The molecule has 1 N–H and O–H groups in total. The Hall–Kier alpha value is -4.24. The summed E-state index contributed by atoms with van der Waals surface area (Å²) in [5.74, 6) is -1.19. The molecule has 6 rings (SSSR count). The van der Waals surface area contributed by atoms with Gasteiger partial charge in [0.05, 0.1) is 17.6 Å². The maximum Gasteiger partial charge on any atom is 0.335 e. The summed E-state index contributed by atoms with van der Waals surface area (Å²) in [6, 6.07) is 21.0. The van der Waals surface area contributed by atoms with Gasteiger partial charge in [-0.05, 0) is 93.2 Å². The number of nitrogens with zero attached hydrogens (tertiary/aromatic N) is 4. The molecule has 0 bridgehead atoms. The van der Waals surface area contributed by atoms with Crippen LogP contribution in [-0.4, -0.2) is 71.1 Å². The second kappa shape index (κ2) is 11.1. The largest absolute Gasteiger partial charge is 0.478 e. The number of rotatable bonds is 8. The van der Waals surface area contributed by atoms with Gasteiger partial charge in [0.1, 0.15) is 11.4 Å². The summed E-state index contributed by atoms with van der Waals surface area (Å²) in [7, 11) is 0. The maximum absolute atomic E-state index is 14.1. The first kappa shape index (κ1) is 28.9. The average molecular weight is 585 g/mol. The highest BCUT2D eigenvalue weighted by Crippen LogP contribution is 2.42. The molecule has 3 aromatic carbocycles. The van der Waals surface area contributed by atoms with E-state index >= 15 is 0 Å². The first-order valence-electron chi connectivity index (χ1n) is 14.9. The van der Waals surface area contributed by atoms with Crippen LogP contribution >= 0.6 is 0 Å². The molecule has 2 fully saturated rings. The minimum atomic E-state index is -1.01. The van der Waals surface area contributed by atoms with E-state index in [0.717, 1.165) is 48.6 Å². The zero-order valence-electron chi connectivity index (χ0n) is 24.6.